The van der Waals surface area contributed by atoms with Gasteiger partial charge in [-0.2, -0.15) is 0 Å². The van der Waals surface area contributed by atoms with Crippen molar-refractivity contribution in [3.63, 3.8) is 0 Å². The van der Waals surface area contributed by atoms with Crippen molar-refractivity contribution in [1.82, 2.24) is 4.98 Å². The smallest absolute Gasteiger partial charge is 0.101 e. The van der Waals surface area contributed by atoms with Crippen molar-refractivity contribution in [3.05, 3.63) is 53.7 Å². The summed E-state index contributed by atoms with van der Waals surface area (Å²) in [5, 5.41) is 9.93. The van der Waals surface area contributed by atoms with E-state index in [0.717, 1.165) is 21.2 Å². The summed E-state index contributed by atoms with van der Waals surface area (Å²) < 4.78 is 0. The van der Waals surface area contributed by atoms with Crippen molar-refractivity contribution in [1.29, 1.82) is 0 Å². The van der Waals surface area contributed by atoms with Crippen molar-refractivity contribution in [2.24, 2.45) is 0 Å². The van der Waals surface area contributed by atoms with Crippen LogP contribution in [-0.2, 0) is 6.61 Å². The third kappa shape index (κ3) is 2.84. The second-order valence-corrected chi connectivity index (χ2v) is 4.62. The molecule has 0 spiro atoms. The fourth-order valence-corrected chi connectivity index (χ4v) is 2.21. The molecule has 1 heterocycles. The molecule has 0 saturated heterocycles. The summed E-state index contributed by atoms with van der Waals surface area (Å²) in [4.78, 5) is 5.56. The maximum absolute atomic E-state index is 8.94. The van der Waals surface area contributed by atoms with Gasteiger partial charge in [-0.25, -0.2) is 4.98 Å². The van der Waals surface area contributed by atoms with E-state index in [9.17, 15) is 0 Å². The first kappa shape index (κ1) is 11.2. The minimum Gasteiger partial charge on any atom is -0.392 e. The Morgan fingerprint density at radius 3 is 2.50 bits per heavy atom. The van der Waals surface area contributed by atoms with Crippen LogP contribution in [0.1, 0.15) is 11.3 Å². The predicted octanol–water partition coefficient (Wildman–Crippen LogP) is 3.03. The molecule has 0 amide bonds. The largest absolute Gasteiger partial charge is 0.392 e. The van der Waals surface area contributed by atoms with Crippen molar-refractivity contribution >= 4 is 11.8 Å². The van der Waals surface area contributed by atoms with Gasteiger partial charge in [0.05, 0.1) is 6.61 Å². The van der Waals surface area contributed by atoms with Gasteiger partial charge in [0, 0.05) is 10.6 Å². The van der Waals surface area contributed by atoms with Crippen LogP contribution in [0.2, 0.25) is 0 Å². The highest BCUT2D eigenvalue weighted by molar-refractivity contribution is 7.99. The van der Waals surface area contributed by atoms with E-state index in [1.54, 1.807) is 11.8 Å². The topological polar surface area (TPSA) is 33.1 Å². The van der Waals surface area contributed by atoms with Crippen LogP contribution in [0.15, 0.2) is 52.4 Å². The quantitative estimate of drug-likeness (QED) is 0.881. The second-order valence-electron chi connectivity index (χ2n) is 3.52. The van der Waals surface area contributed by atoms with E-state index in [1.165, 1.54) is 0 Å². The highest BCUT2D eigenvalue weighted by Gasteiger charge is 1.99. The fraction of sp³-hybridized carbons (Fsp3) is 0.154. The summed E-state index contributed by atoms with van der Waals surface area (Å²) in [7, 11) is 0. The van der Waals surface area contributed by atoms with Gasteiger partial charge >= 0.3 is 0 Å². The molecule has 0 aliphatic carbocycles. The van der Waals surface area contributed by atoms with Gasteiger partial charge in [0.2, 0.25) is 0 Å². The van der Waals surface area contributed by atoms with E-state index in [-0.39, 0.29) is 6.61 Å². The van der Waals surface area contributed by atoms with Crippen LogP contribution in [0.3, 0.4) is 0 Å². The number of aromatic nitrogens is 1. The molecule has 0 fully saturated rings. The second kappa shape index (κ2) is 5.14. The third-order valence-electron chi connectivity index (χ3n) is 2.19. The highest BCUT2D eigenvalue weighted by Crippen LogP contribution is 2.26. The lowest BCUT2D eigenvalue weighted by Gasteiger charge is -2.02. The van der Waals surface area contributed by atoms with E-state index in [4.69, 9.17) is 5.11 Å². The molecule has 2 nitrogen and oxygen atoms in total. The Bertz CT molecular complexity index is 468. The van der Waals surface area contributed by atoms with E-state index < -0.39 is 0 Å². The van der Waals surface area contributed by atoms with E-state index in [0.29, 0.717) is 0 Å². The minimum absolute atomic E-state index is 0.0909. The van der Waals surface area contributed by atoms with E-state index in [2.05, 4.69) is 4.98 Å². The molecule has 0 saturated carbocycles. The Morgan fingerprint density at radius 1 is 1.12 bits per heavy atom. The van der Waals surface area contributed by atoms with E-state index >= 15 is 0 Å². The van der Waals surface area contributed by atoms with Gasteiger partial charge in [-0.15, -0.1) is 0 Å². The zero-order valence-electron chi connectivity index (χ0n) is 9.05. The molecule has 2 rings (SSSR count). The molecule has 2 aromatic rings. The Kier molecular flexibility index (Phi) is 3.59. The van der Waals surface area contributed by atoms with Crippen molar-refractivity contribution < 1.29 is 5.11 Å². The SMILES string of the molecule is Cc1cccc(Sc2ccc(CO)cc2)n1. The van der Waals surface area contributed by atoms with Gasteiger partial charge in [-0.05, 0) is 36.8 Å². The zero-order chi connectivity index (χ0) is 11.4. The molecule has 3 heteroatoms. The number of pyridine rings is 1. The molecule has 0 radical (unpaired) electrons. The molecule has 1 N–H and O–H groups in total. The molecule has 0 aliphatic rings. The van der Waals surface area contributed by atoms with Crippen molar-refractivity contribution in [2.45, 2.75) is 23.5 Å². The first-order valence-electron chi connectivity index (χ1n) is 5.09. The summed E-state index contributed by atoms with van der Waals surface area (Å²) in [5.74, 6) is 0. The van der Waals surface area contributed by atoms with Gasteiger partial charge in [-0.1, -0.05) is 30.0 Å². The Morgan fingerprint density at radius 2 is 1.88 bits per heavy atom. The number of aliphatic hydroxyl groups excluding tert-OH is 1. The predicted molar refractivity (Wildman–Crippen MR) is 65.5 cm³/mol. The first-order valence-corrected chi connectivity index (χ1v) is 5.91. The molecule has 0 unspecified atom stereocenters. The van der Waals surface area contributed by atoms with Crippen LogP contribution in [0.4, 0.5) is 0 Å². The standard InChI is InChI=1S/C13H13NOS/c1-10-3-2-4-13(14-10)16-12-7-5-11(9-15)6-8-12/h2-8,15H,9H2,1H3. The summed E-state index contributed by atoms with van der Waals surface area (Å²) in [6.07, 6.45) is 0. The van der Waals surface area contributed by atoms with Crippen molar-refractivity contribution in [3.8, 4) is 0 Å². The number of aliphatic hydroxyl groups is 1. The highest BCUT2D eigenvalue weighted by atomic mass is 32.2. The average Bonchev–Trinajstić information content (AvgIpc) is 2.30. The lowest BCUT2D eigenvalue weighted by molar-refractivity contribution is 0.282. The Hall–Kier alpha value is -1.32. The number of benzene rings is 1. The average molecular weight is 231 g/mol. The molecule has 0 atom stereocenters. The van der Waals surface area contributed by atoms with Gasteiger partial charge in [0.15, 0.2) is 0 Å². The number of rotatable bonds is 3. The van der Waals surface area contributed by atoms with Gasteiger partial charge in [0.25, 0.3) is 0 Å². The Labute approximate surface area is 99.4 Å². The van der Waals surface area contributed by atoms with Crippen LogP contribution in [0.5, 0.6) is 0 Å². The molecule has 82 valence electrons. The molecule has 0 bridgehead atoms. The van der Waals surface area contributed by atoms with Gasteiger partial charge < -0.3 is 5.11 Å². The third-order valence-corrected chi connectivity index (χ3v) is 3.14. The van der Waals surface area contributed by atoms with Gasteiger partial charge in [-0.3, -0.25) is 0 Å². The van der Waals surface area contributed by atoms with Crippen LogP contribution in [0.25, 0.3) is 0 Å². The van der Waals surface area contributed by atoms with Crippen molar-refractivity contribution in [2.75, 3.05) is 0 Å². The lowest BCUT2D eigenvalue weighted by Crippen LogP contribution is -1.84. The Balaban J connectivity index is 2.14. The molecular weight excluding hydrogens is 218 g/mol. The van der Waals surface area contributed by atoms with Crippen LogP contribution < -0.4 is 0 Å². The first-order chi connectivity index (χ1) is 7.78. The van der Waals surface area contributed by atoms with Crippen LogP contribution >= 0.6 is 11.8 Å². The number of aryl methyl sites for hydroxylation is 1. The maximum Gasteiger partial charge on any atom is 0.101 e. The summed E-state index contributed by atoms with van der Waals surface area (Å²) in [6.45, 7) is 2.08. The maximum atomic E-state index is 8.94. The molecule has 1 aromatic heterocycles. The lowest BCUT2D eigenvalue weighted by atomic mass is 10.2. The number of nitrogens with zero attached hydrogens (tertiary/aromatic N) is 1. The molecule has 1 aromatic carbocycles. The molecule has 0 aliphatic heterocycles. The van der Waals surface area contributed by atoms with Gasteiger partial charge in [0.1, 0.15) is 5.03 Å². The monoisotopic (exact) mass is 231 g/mol. The molecular formula is C13H13NOS. The number of hydrogen-bond donors (Lipinski definition) is 1. The minimum atomic E-state index is 0.0909. The summed E-state index contributed by atoms with van der Waals surface area (Å²) >= 11 is 1.63. The van der Waals surface area contributed by atoms with Crippen LogP contribution in [-0.4, -0.2) is 10.1 Å². The summed E-state index contributed by atoms with van der Waals surface area (Å²) in [5.41, 5.74) is 1.96. The normalized spacial score (nSPS) is 10.4. The summed E-state index contributed by atoms with van der Waals surface area (Å²) in [6, 6.07) is 13.8. The fourth-order valence-electron chi connectivity index (χ4n) is 1.36. The zero-order valence-corrected chi connectivity index (χ0v) is 9.87. The van der Waals surface area contributed by atoms with Crippen LogP contribution in [0, 0.1) is 6.92 Å². The number of hydrogen-bond acceptors (Lipinski definition) is 3. The van der Waals surface area contributed by atoms with E-state index in [1.807, 2.05) is 49.4 Å². The molecule has 16 heavy (non-hydrogen) atoms.